The molecule has 4 aromatic carbocycles. The van der Waals surface area contributed by atoms with Gasteiger partial charge >= 0.3 is 0 Å². The van der Waals surface area contributed by atoms with Gasteiger partial charge in [0.15, 0.2) is 0 Å². The molecule has 0 aliphatic heterocycles. The lowest BCUT2D eigenvalue weighted by Gasteiger charge is -2.39. The van der Waals surface area contributed by atoms with Crippen LogP contribution in [0, 0.1) is 0 Å². The minimum absolute atomic E-state index is 0.844. The van der Waals surface area contributed by atoms with Gasteiger partial charge in [0.1, 0.15) is 6.47 Å². The Morgan fingerprint density at radius 1 is 0.342 bits per heavy atom. The van der Waals surface area contributed by atoms with E-state index in [4.69, 9.17) is 0 Å². The topological polar surface area (TPSA) is 0 Å². The summed E-state index contributed by atoms with van der Waals surface area (Å²) in [6.45, 7) is 0. The molecule has 0 radical (unpaired) electrons. The summed E-state index contributed by atoms with van der Waals surface area (Å²) in [4.78, 5) is 0. The van der Waals surface area contributed by atoms with E-state index < -0.39 is 6.47 Å². The Bertz CT molecular complexity index is 1680. The van der Waals surface area contributed by atoms with Crippen molar-refractivity contribution >= 4 is 276 Å². The van der Waals surface area contributed by atoms with Gasteiger partial charge in [-0.15, -0.1) is 0 Å². The zero-order valence-electron chi connectivity index (χ0n) is 17.2. The van der Waals surface area contributed by atoms with Gasteiger partial charge in [-0.1, -0.05) is 69.8 Å². The second-order valence-electron chi connectivity index (χ2n) is 7.57. The van der Waals surface area contributed by atoms with Crippen LogP contribution in [0.5, 0.6) is 0 Å². The van der Waals surface area contributed by atoms with E-state index in [2.05, 4.69) is 261 Å². The zero-order valence-corrected chi connectivity index (χ0v) is 42.6. The summed E-state index contributed by atoms with van der Waals surface area (Å²) in [5, 5.41) is 3.91. The molecule has 0 aliphatic carbocycles. The maximum Gasteiger partial charge on any atom is 0.136 e. The summed E-state index contributed by atoms with van der Waals surface area (Å²) in [5.74, 6) is 0. The summed E-state index contributed by atoms with van der Waals surface area (Å²) in [6.07, 6.45) is 0. The van der Waals surface area contributed by atoms with E-state index in [0.717, 1.165) is 86.3 Å². The molecule has 0 saturated heterocycles. The van der Waals surface area contributed by atoms with Gasteiger partial charge in [-0.25, -0.2) is 0 Å². The van der Waals surface area contributed by atoms with Crippen molar-refractivity contribution in [3.63, 3.8) is 0 Å². The fraction of sp³-hybridized carbons (Fsp3) is 0.0909. The number of alkyl halides is 4. The largest absolute Gasteiger partial charge is 0.136 e. The summed E-state index contributed by atoms with van der Waals surface area (Å²) < 4.78 is 8.78. The normalized spacial score (nSPS) is 12.7. The molecule has 0 heterocycles. The maximum absolute atomic E-state index is 4.10. The third-order valence-electron chi connectivity index (χ3n) is 5.55. The van der Waals surface area contributed by atoms with E-state index in [1.54, 1.807) is 0 Å². The van der Waals surface area contributed by atoms with E-state index in [9.17, 15) is 0 Å². The molecule has 0 amide bonds. The van der Waals surface area contributed by atoms with Crippen LogP contribution in [0.1, 0.15) is 11.1 Å². The van der Waals surface area contributed by atoms with Crippen molar-refractivity contribution in [2.75, 3.05) is 0 Å². The van der Waals surface area contributed by atoms with Crippen LogP contribution in [0.2, 0.25) is 0 Å². The van der Waals surface area contributed by atoms with Crippen LogP contribution in [-0.2, 0) is 6.47 Å². The Morgan fingerprint density at radius 2 is 0.711 bits per heavy atom. The van der Waals surface area contributed by atoms with Crippen LogP contribution >= 0.6 is 255 Å². The predicted octanol–water partition coefficient (Wildman–Crippen LogP) is 17.7. The average molecular weight is 1540 g/mol. The first-order valence-corrected chi connectivity index (χ1v) is 22.1. The van der Waals surface area contributed by atoms with Gasteiger partial charge < -0.3 is 0 Å². The van der Waals surface area contributed by atoms with Gasteiger partial charge in [0.05, 0.1) is 0 Å². The van der Waals surface area contributed by atoms with Crippen LogP contribution in [0.3, 0.4) is 0 Å². The van der Waals surface area contributed by atoms with E-state index in [-0.39, 0.29) is 0 Å². The average Bonchev–Trinajstić information content (AvgIpc) is 2.84. The molecule has 0 aromatic heterocycles. The van der Waals surface area contributed by atoms with Crippen LogP contribution in [0.15, 0.2) is 65.8 Å². The Labute approximate surface area is 352 Å². The molecule has 4 aromatic rings. The van der Waals surface area contributed by atoms with Crippen LogP contribution < -0.4 is 0 Å². The van der Waals surface area contributed by atoms with E-state index in [1.165, 1.54) is 0 Å². The molecule has 38 heavy (non-hydrogen) atoms. The predicted molar refractivity (Wildman–Crippen MR) is 219 cm³/mol. The standard InChI is InChI=1S/C22H2Br16/c23-4-2-1-3-5(10(4)24)11(25)17(31)15(29)8(3)21(35,36)22(37,38)9-6-7(13(27)18(32)16(9)30)14(28)20(34)19(33)12(6)26/h1-2H. The first kappa shape index (κ1) is 35.9. The SMILES string of the molecule is Brc1ccc2c(C(Br)(Br)C(Br)(Br)c3c(Br)c(Br)c(Br)c4c(Br)c(Br)c(Br)c(Br)c34)c(Br)c(Br)c(Br)c2c1Br. The molecular weight excluding hydrogens is 1540 g/mol. The first-order valence-electron chi connectivity index (χ1n) is 9.43. The smallest absolute Gasteiger partial charge is 0.0644 e. The first-order chi connectivity index (χ1) is 17.4. The van der Waals surface area contributed by atoms with Gasteiger partial charge in [0.25, 0.3) is 0 Å². The van der Waals surface area contributed by atoms with Crippen molar-refractivity contribution in [3.05, 3.63) is 76.9 Å². The number of halogens is 16. The highest BCUT2D eigenvalue weighted by molar-refractivity contribution is 9.29. The number of hydrogen-bond acceptors (Lipinski definition) is 0. The van der Waals surface area contributed by atoms with Gasteiger partial charge in [-0.2, -0.15) is 0 Å². The second kappa shape index (κ2) is 13.3. The van der Waals surface area contributed by atoms with Crippen molar-refractivity contribution in [2.45, 2.75) is 6.47 Å². The summed E-state index contributed by atoms with van der Waals surface area (Å²) in [7, 11) is 0. The fourth-order valence-electron chi connectivity index (χ4n) is 3.82. The molecule has 0 aliphatic rings. The van der Waals surface area contributed by atoms with Crippen molar-refractivity contribution in [2.24, 2.45) is 0 Å². The van der Waals surface area contributed by atoms with Gasteiger partial charge in [-0.3, -0.25) is 0 Å². The van der Waals surface area contributed by atoms with Crippen molar-refractivity contribution in [1.29, 1.82) is 0 Å². The van der Waals surface area contributed by atoms with Gasteiger partial charge in [0.2, 0.25) is 0 Å². The molecule has 0 saturated carbocycles. The molecule has 0 bridgehead atoms. The lowest BCUT2D eigenvalue weighted by atomic mass is 9.95. The van der Waals surface area contributed by atoms with E-state index in [0.29, 0.717) is 0 Å². The quantitative estimate of drug-likeness (QED) is 0.109. The van der Waals surface area contributed by atoms with E-state index >= 15 is 0 Å². The Morgan fingerprint density at radius 3 is 1.21 bits per heavy atom. The zero-order chi connectivity index (χ0) is 28.8. The Kier molecular flexibility index (Phi) is 12.6. The monoisotopic (exact) mass is 1530 g/mol. The molecule has 0 atom stereocenters. The molecule has 0 nitrogen and oxygen atoms in total. The molecule has 4 rings (SSSR count). The minimum atomic E-state index is -0.940. The molecule has 0 N–H and O–H groups in total. The molecule has 16 heteroatoms. The van der Waals surface area contributed by atoms with Crippen LogP contribution in [0.25, 0.3) is 21.5 Å². The Balaban J connectivity index is 2.23. The number of hydrogen-bond donors (Lipinski definition) is 0. The van der Waals surface area contributed by atoms with Crippen molar-refractivity contribution in [3.8, 4) is 0 Å². The molecule has 202 valence electrons. The highest BCUT2D eigenvalue weighted by atomic mass is 79.9. The third kappa shape index (κ3) is 5.76. The maximum atomic E-state index is 4.10. The molecular formula is C22H2Br16. The number of rotatable bonds is 3. The molecule has 0 spiro atoms. The fourth-order valence-corrected chi connectivity index (χ4v) is 15.1. The van der Waals surface area contributed by atoms with Crippen LogP contribution in [0.4, 0.5) is 0 Å². The molecule has 0 fully saturated rings. The van der Waals surface area contributed by atoms with Crippen LogP contribution in [-0.4, -0.2) is 0 Å². The van der Waals surface area contributed by atoms with Gasteiger partial charge in [-0.05, 0) is 203 Å². The minimum Gasteiger partial charge on any atom is -0.0644 e. The summed E-state index contributed by atoms with van der Waals surface area (Å²) in [6, 6.07) is 4.10. The Hall–Kier alpha value is 5.08. The van der Waals surface area contributed by atoms with E-state index in [1.807, 2.05) is 6.07 Å². The van der Waals surface area contributed by atoms with Gasteiger partial charge in [0, 0.05) is 81.0 Å². The van der Waals surface area contributed by atoms with Crippen molar-refractivity contribution < 1.29 is 0 Å². The highest BCUT2D eigenvalue weighted by Gasteiger charge is 2.52. The summed E-state index contributed by atoms with van der Waals surface area (Å²) in [5.41, 5.74) is 1.85. The highest BCUT2D eigenvalue weighted by Crippen LogP contribution is 2.68. The lowest BCUT2D eigenvalue weighted by Crippen LogP contribution is -2.31. The summed E-state index contributed by atoms with van der Waals surface area (Å²) >= 11 is 61.9. The number of fused-ring (bicyclic) bond motifs is 2. The third-order valence-corrected chi connectivity index (χ3v) is 25.3. The lowest BCUT2D eigenvalue weighted by molar-refractivity contribution is 0.846. The second-order valence-corrected chi connectivity index (χ2v) is 24.0. The molecule has 0 unspecified atom stereocenters. The van der Waals surface area contributed by atoms with Crippen molar-refractivity contribution in [1.82, 2.24) is 0 Å². The number of benzene rings is 4.